The Kier molecular flexibility index (Phi) is 6.34. The maximum atomic E-state index is 13.6. The second kappa shape index (κ2) is 8.82. The Hall–Kier alpha value is -2.70. The molecule has 1 aromatic heterocycles. The van der Waals surface area contributed by atoms with Gasteiger partial charge in [-0.3, -0.25) is 10.3 Å². The molecule has 7 heteroatoms. The number of benzene rings is 1. The van der Waals surface area contributed by atoms with Gasteiger partial charge in [0.25, 0.3) is 5.92 Å². The molecule has 0 radical (unpaired) electrons. The second-order valence-electron chi connectivity index (χ2n) is 11.2. The number of carbonyl (C=O) groups is 1. The van der Waals surface area contributed by atoms with E-state index in [1.807, 2.05) is 51.1 Å². The van der Waals surface area contributed by atoms with E-state index in [9.17, 15) is 13.6 Å². The summed E-state index contributed by atoms with van der Waals surface area (Å²) in [4.78, 5) is 16.5. The highest BCUT2D eigenvalue weighted by atomic mass is 19.3. The van der Waals surface area contributed by atoms with E-state index in [0.717, 1.165) is 63.4 Å². The summed E-state index contributed by atoms with van der Waals surface area (Å²) < 4.78 is 32.5. The van der Waals surface area contributed by atoms with Crippen LogP contribution in [0.4, 0.5) is 25.0 Å². The quantitative estimate of drug-likeness (QED) is 0.466. The number of amides is 1. The number of halogens is 2. The third kappa shape index (κ3) is 5.50. The zero-order chi connectivity index (χ0) is 24.6. The van der Waals surface area contributed by atoms with Crippen molar-refractivity contribution in [3.05, 3.63) is 53.9 Å². The zero-order valence-electron chi connectivity index (χ0n) is 20.5. The topological polar surface area (TPSA) is 63.2 Å². The molecule has 3 fully saturated rings. The number of alkyl halides is 2. The van der Waals surface area contributed by atoms with Crippen LogP contribution >= 0.6 is 0 Å². The first-order valence-electron chi connectivity index (χ1n) is 12.1. The van der Waals surface area contributed by atoms with Gasteiger partial charge >= 0.3 is 6.09 Å². The summed E-state index contributed by atoms with van der Waals surface area (Å²) in [7, 11) is 0. The Bertz CT molecular complexity index is 1000. The van der Waals surface area contributed by atoms with Crippen LogP contribution in [0.2, 0.25) is 0 Å². The Morgan fingerprint density at radius 3 is 2.21 bits per heavy atom. The maximum Gasteiger partial charge on any atom is 0.412 e. The van der Waals surface area contributed by atoms with Crippen LogP contribution in [0.25, 0.3) is 0 Å². The minimum Gasteiger partial charge on any atom is -0.444 e. The lowest BCUT2D eigenvalue weighted by molar-refractivity contribution is 0.0167. The number of carbonyl (C=O) groups excluding carboxylic acids is 1. The van der Waals surface area contributed by atoms with Gasteiger partial charge in [0.1, 0.15) is 5.60 Å². The lowest BCUT2D eigenvalue weighted by atomic mass is 9.52. The van der Waals surface area contributed by atoms with Crippen molar-refractivity contribution in [1.29, 1.82) is 0 Å². The minimum absolute atomic E-state index is 0.0144. The fraction of sp³-hybridized carbons (Fsp3) is 0.556. The first kappa shape index (κ1) is 24.4. The van der Waals surface area contributed by atoms with Gasteiger partial charge in [0.2, 0.25) is 0 Å². The molecule has 3 saturated carbocycles. The largest absolute Gasteiger partial charge is 0.444 e. The molecular weight excluding hydrogens is 436 g/mol. The third-order valence-electron chi connectivity index (χ3n) is 7.39. The number of ether oxygens (including phenoxy) is 1. The van der Waals surface area contributed by atoms with Crippen LogP contribution in [0.15, 0.2) is 42.6 Å². The predicted molar refractivity (Wildman–Crippen MR) is 130 cm³/mol. The summed E-state index contributed by atoms with van der Waals surface area (Å²) in [6.07, 6.45) is 7.23. The van der Waals surface area contributed by atoms with Gasteiger partial charge in [0.15, 0.2) is 0 Å². The molecule has 1 heterocycles. The van der Waals surface area contributed by atoms with Crippen LogP contribution in [0.5, 0.6) is 0 Å². The second-order valence-corrected chi connectivity index (χ2v) is 11.2. The summed E-state index contributed by atoms with van der Waals surface area (Å²) in [5.74, 6) is -2.86. The van der Waals surface area contributed by atoms with Gasteiger partial charge in [-0.1, -0.05) is 6.07 Å². The van der Waals surface area contributed by atoms with Gasteiger partial charge in [0, 0.05) is 47.7 Å². The standard InChI is InChI=1S/C27H35F2N3O2/c1-24(2,3)34-23(33)32-21-7-5-6-20(16-21)31-18-26-10-13-27(14-11-26,15-12-26)22-9-8-19(17-30-22)25(4,28)29/h5-9,16-17,31H,10-15,18H2,1-4H3,(H,32,33). The van der Waals surface area contributed by atoms with E-state index < -0.39 is 17.6 Å². The molecule has 5 nitrogen and oxygen atoms in total. The van der Waals surface area contributed by atoms with Gasteiger partial charge in [-0.15, -0.1) is 0 Å². The molecular formula is C27H35F2N3O2. The first-order chi connectivity index (χ1) is 15.9. The van der Waals surface area contributed by atoms with E-state index in [1.54, 1.807) is 0 Å². The van der Waals surface area contributed by atoms with E-state index in [-0.39, 0.29) is 16.4 Å². The van der Waals surface area contributed by atoms with E-state index in [2.05, 4.69) is 15.6 Å². The van der Waals surface area contributed by atoms with E-state index in [0.29, 0.717) is 5.69 Å². The predicted octanol–water partition coefficient (Wildman–Crippen LogP) is 7.24. The molecule has 0 unspecified atom stereocenters. The first-order valence-corrected chi connectivity index (χ1v) is 12.1. The van der Waals surface area contributed by atoms with Crippen LogP contribution in [0.1, 0.15) is 77.5 Å². The van der Waals surface area contributed by atoms with Crippen molar-refractivity contribution in [1.82, 2.24) is 4.98 Å². The van der Waals surface area contributed by atoms with Gasteiger partial charge in [-0.05, 0) is 95.0 Å². The Balaban J connectivity index is 1.35. The maximum absolute atomic E-state index is 13.6. The average Bonchev–Trinajstić information content (AvgIpc) is 2.77. The van der Waals surface area contributed by atoms with Crippen LogP contribution in [0, 0.1) is 5.41 Å². The van der Waals surface area contributed by atoms with Crippen LogP contribution in [0.3, 0.4) is 0 Å². The van der Waals surface area contributed by atoms with E-state index in [1.165, 1.54) is 12.3 Å². The highest BCUT2D eigenvalue weighted by Crippen LogP contribution is 2.57. The third-order valence-corrected chi connectivity index (χ3v) is 7.39. The summed E-state index contributed by atoms with van der Waals surface area (Å²) in [5, 5.41) is 6.37. The zero-order valence-corrected chi connectivity index (χ0v) is 20.5. The van der Waals surface area contributed by atoms with Crippen molar-refractivity contribution in [2.75, 3.05) is 17.2 Å². The van der Waals surface area contributed by atoms with E-state index >= 15 is 0 Å². The molecule has 0 spiro atoms. The van der Waals surface area contributed by atoms with E-state index in [4.69, 9.17) is 4.74 Å². The lowest BCUT2D eigenvalue weighted by Crippen LogP contribution is -2.47. The molecule has 5 rings (SSSR count). The SMILES string of the molecule is CC(C)(C)OC(=O)Nc1cccc(NCC23CCC(c4ccc(C(C)(F)F)cn4)(CC2)CC3)c1. The van der Waals surface area contributed by atoms with Crippen LogP contribution < -0.4 is 10.6 Å². The molecule has 3 aliphatic rings. The summed E-state index contributed by atoms with van der Waals surface area (Å²) in [6, 6.07) is 11.0. The smallest absolute Gasteiger partial charge is 0.412 e. The Morgan fingerprint density at radius 1 is 1.00 bits per heavy atom. The summed E-state index contributed by atoms with van der Waals surface area (Å²) in [6.45, 7) is 7.28. The molecule has 3 aliphatic carbocycles. The Labute approximate surface area is 200 Å². The van der Waals surface area contributed by atoms with Gasteiger partial charge in [0.05, 0.1) is 0 Å². The molecule has 2 aromatic rings. The van der Waals surface area contributed by atoms with Crippen LogP contribution in [-0.2, 0) is 16.1 Å². The van der Waals surface area contributed by atoms with Crippen molar-refractivity contribution in [3.63, 3.8) is 0 Å². The molecule has 34 heavy (non-hydrogen) atoms. The minimum atomic E-state index is -2.86. The van der Waals surface area contributed by atoms with Gasteiger partial charge in [-0.2, -0.15) is 0 Å². The van der Waals surface area contributed by atoms with Gasteiger partial charge < -0.3 is 10.1 Å². The van der Waals surface area contributed by atoms with Crippen LogP contribution in [-0.4, -0.2) is 23.2 Å². The molecule has 184 valence electrons. The molecule has 0 atom stereocenters. The van der Waals surface area contributed by atoms with Gasteiger partial charge in [-0.25, -0.2) is 13.6 Å². The molecule has 2 bridgehead atoms. The number of nitrogens with one attached hydrogen (secondary N) is 2. The highest BCUT2D eigenvalue weighted by Gasteiger charge is 2.49. The molecule has 0 saturated heterocycles. The lowest BCUT2D eigenvalue weighted by Gasteiger charge is -2.53. The summed E-state index contributed by atoms with van der Waals surface area (Å²) >= 11 is 0. The number of fused-ring (bicyclic) bond motifs is 3. The number of anilines is 2. The number of nitrogens with zero attached hydrogens (tertiary/aromatic N) is 1. The average molecular weight is 472 g/mol. The van der Waals surface area contributed by atoms with Crippen molar-refractivity contribution >= 4 is 17.5 Å². The fourth-order valence-corrected chi connectivity index (χ4v) is 5.30. The number of aromatic nitrogens is 1. The molecule has 1 aromatic carbocycles. The summed E-state index contributed by atoms with van der Waals surface area (Å²) in [5.41, 5.74) is 2.28. The number of hydrogen-bond donors (Lipinski definition) is 2. The molecule has 1 amide bonds. The number of rotatable bonds is 6. The highest BCUT2D eigenvalue weighted by molar-refractivity contribution is 5.85. The number of pyridine rings is 1. The van der Waals surface area contributed by atoms with Crippen molar-refractivity contribution < 1.29 is 18.3 Å². The van der Waals surface area contributed by atoms with Crippen molar-refractivity contribution in [2.45, 2.75) is 83.2 Å². The number of hydrogen-bond acceptors (Lipinski definition) is 4. The monoisotopic (exact) mass is 471 g/mol. The van der Waals surface area contributed by atoms with Crippen molar-refractivity contribution in [2.24, 2.45) is 5.41 Å². The fourth-order valence-electron chi connectivity index (χ4n) is 5.30. The Morgan fingerprint density at radius 2 is 1.65 bits per heavy atom. The normalized spacial score (nSPS) is 24.5. The molecule has 0 aliphatic heterocycles. The molecule has 2 N–H and O–H groups in total. The van der Waals surface area contributed by atoms with Crippen molar-refractivity contribution in [3.8, 4) is 0 Å².